The standard InChI is InChI=1S/C17H25N3O6/c1-10(2)8-20(9-14(21)16(24)25)17(26)19-13(15(22)23)7-11-3-5-12(18)6-4-11/h3-6,10,13-14,21H,7-9,18H2,1-2H3,(H,19,26)(H,22,23)(H,24,25)/t13-,14-/m0/s1. The van der Waals surface area contributed by atoms with Crippen LogP contribution >= 0.6 is 0 Å². The Bertz CT molecular complexity index is 632. The summed E-state index contributed by atoms with van der Waals surface area (Å²) in [6.07, 6.45) is -1.71. The number of carbonyl (C=O) groups excluding carboxylic acids is 1. The number of amides is 2. The van der Waals surface area contributed by atoms with E-state index in [0.29, 0.717) is 11.3 Å². The van der Waals surface area contributed by atoms with Crippen molar-refractivity contribution in [2.75, 3.05) is 18.8 Å². The first-order chi connectivity index (χ1) is 12.1. The molecule has 0 saturated carbocycles. The van der Waals surface area contributed by atoms with Crippen molar-refractivity contribution in [2.45, 2.75) is 32.4 Å². The number of benzene rings is 1. The van der Waals surface area contributed by atoms with E-state index in [0.717, 1.165) is 4.90 Å². The van der Waals surface area contributed by atoms with Crippen molar-refractivity contribution >= 4 is 23.7 Å². The number of hydrogen-bond donors (Lipinski definition) is 5. The van der Waals surface area contributed by atoms with E-state index >= 15 is 0 Å². The molecule has 0 heterocycles. The van der Waals surface area contributed by atoms with Crippen molar-refractivity contribution in [2.24, 2.45) is 5.92 Å². The van der Waals surface area contributed by atoms with E-state index in [1.54, 1.807) is 24.3 Å². The number of aliphatic hydroxyl groups excluding tert-OH is 1. The fourth-order valence-corrected chi connectivity index (χ4v) is 2.30. The molecule has 0 saturated heterocycles. The van der Waals surface area contributed by atoms with Crippen LogP contribution in [0.1, 0.15) is 19.4 Å². The van der Waals surface area contributed by atoms with E-state index in [2.05, 4.69) is 5.32 Å². The Kier molecular flexibility index (Phi) is 7.85. The second-order valence-corrected chi connectivity index (χ2v) is 6.44. The smallest absolute Gasteiger partial charge is 0.334 e. The highest BCUT2D eigenvalue weighted by Gasteiger charge is 2.27. The Balaban J connectivity index is 2.85. The van der Waals surface area contributed by atoms with Crippen LogP contribution < -0.4 is 11.1 Å². The third kappa shape index (κ3) is 6.98. The molecule has 0 unspecified atom stereocenters. The van der Waals surface area contributed by atoms with Gasteiger partial charge in [0.05, 0.1) is 6.54 Å². The normalized spacial score (nSPS) is 13.1. The lowest BCUT2D eigenvalue weighted by atomic mass is 10.1. The molecule has 9 heteroatoms. The minimum absolute atomic E-state index is 0.00196. The molecule has 1 aromatic rings. The number of nitrogens with one attached hydrogen (secondary N) is 1. The average Bonchev–Trinajstić information content (AvgIpc) is 2.54. The summed E-state index contributed by atoms with van der Waals surface area (Å²) in [5.41, 5.74) is 6.80. The highest BCUT2D eigenvalue weighted by molar-refractivity contribution is 5.83. The quantitative estimate of drug-likeness (QED) is 0.395. The van der Waals surface area contributed by atoms with Gasteiger partial charge in [-0.05, 0) is 23.6 Å². The minimum atomic E-state index is -1.75. The number of carboxylic acids is 2. The van der Waals surface area contributed by atoms with Crippen LogP contribution in [0.2, 0.25) is 0 Å². The maximum absolute atomic E-state index is 12.4. The van der Waals surface area contributed by atoms with Crippen LogP contribution in [0.4, 0.5) is 10.5 Å². The van der Waals surface area contributed by atoms with Gasteiger partial charge in [0.1, 0.15) is 6.04 Å². The number of nitrogen functional groups attached to an aromatic ring is 1. The fourth-order valence-electron chi connectivity index (χ4n) is 2.30. The highest BCUT2D eigenvalue weighted by Crippen LogP contribution is 2.09. The number of nitrogens with zero attached hydrogens (tertiary/aromatic N) is 1. The molecule has 26 heavy (non-hydrogen) atoms. The summed E-state index contributed by atoms with van der Waals surface area (Å²) < 4.78 is 0. The van der Waals surface area contributed by atoms with Gasteiger partial charge in [-0.3, -0.25) is 0 Å². The number of anilines is 1. The Hall–Kier alpha value is -2.81. The first kappa shape index (κ1) is 21.2. The molecule has 0 fully saturated rings. The monoisotopic (exact) mass is 367 g/mol. The lowest BCUT2D eigenvalue weighted by Gasteiger charge is -2.27. The van der Waals surface area contributed by atoms with Crippen molar-refractivity contribution in [3.8, 4) is 0 Å². The molecule has 0 aliphatic rings. The van der Waals surface area contributed by atoms with Gasteiger partial charge in [-0.15, -0.1) is 0 Å². The number of carbonyl (C=O) groups is 3. The van der Waals surface area contributed by atoms with Crippen LogP contribution in [-0.2, 0) is 16.0 Å². The summed E-state index contributed by atoms with van der Waals surface area (Å²) in [6, 6.07) is 4.63. The van der Waals surface area contributed by atoms with Gasteiger partial charge >= 0.3 is 18.0 Å². The first-order valence-corrected chi connectivity index (χ1v) is 8.13. The zero-order valence-corrected chi connectivity index (χ0v) is 14.8. The molecule has 6 N–H and O–H groups in total. The molecule has 1 rings (SSSR count). The lowest BCUT2D eigenvalue weighted by molar-refractivity contribution is -0.147. The second-order valence-electron chi connectivity index (χ2n) is 6.44. The number of carboxylic acid groups (broad SMARTS) is 2. The molecule has 0 aliphatic heterocycles. The summed E-state index contributed by atoms with van der Waals surface area (Å²) in [5.74, 6) is -2.68. The predicted octanol–water partition coefficient (Wildman–Crippen LogP) is 0.378. The number of aliphatic hydroxyl groups is 1. The van der Waals surface area contributed by atoms with Gasteiger partial charge in [0, 0.05) is 18.7 Å². The van der Waals surface area contributed by atoms with Gasteiger partial charge in [-0.1, -0.05) is 26.0 Å². The third-order valence-corrected chi connectivity index (χ3v) is 3.57. The molecule has 1 aromatic carbocycles. The summed E-state index contributed by atoms with van der Waals surface area (Å²) in [5, 5.41) is 30.1. The van der Waals surface area contributed by atoms with E-state index in [1.807, 2.05) is 13.8 Å². The number of rotatable bonds is 9. The molecular weight excluding hydrogens is 342 g/mol. The van der Waals surface area contributed by atoms with E-state index in [9.17, 15) is 24.6 Å². The number of hydrogen-bond acceptors (Lipinski definition) is 5. The van der Waals surface area contributed by atoms with Crippen molar-refractivity contribution in [3.05, 3.63) is 29.8 Å². The molecule has 9 nitrogen and oxygen atoms in total. The van der Waals surface area contributed by atoms with Crippen molar-refractivity contribution in [1.29, 1.82) is 0 Å². The van der Waals surface area contributed by atoms with Crippen LogP contribution in [0, 0.1) is 5.92 Å². The molecule has 0 bridgehead atoms. The Labute approximate surface area is 151 Å². The number of aliphatic carboxylic acids is 2. The van der Waals surface area contributed by atoms with Gasteiger partial charge in [-0.2, -0.15) is 0 Å². The van der Waals surface area contributed by atoms with Gasteiger partial charge in [-0.25, -0.2) is 14.4 Å². The molecular formula is C17H25N3O6. The number of urea groups is 1. The van der Waals surface area contributed by atoms with Gasteiger partial charge in [0.25, 0.3) is 0 Å². The van der Waals surface area contributed by atoms with Gasteiger partial charge in [0.15, 0.2) is 6.10 Å². The minimum Gasteiger partial charge on any atom is -0.480 e. The largest absolute Gasteiger partial charge is 0.480 e. The predicted molar refractivity (Wildman–Crippen MR) is 94.6 cm³/mol. The highest BCUT2D eigenvalue weighted by atomic mass is 16.4. The van der Waals surface area contributed by atoms with E-state index in [4.69, 9.17) is 10.8 Å². The summed E-state index contributed by atoms with van der Waals surface area (Å²) in [6.45, 7) is 3.37. The van der Waals surface area contributed by atoms with Crippen molar-refractivity contribution in [3.63, 3.8) is 0 Å². The number of nitrogens with two attached hydrogens (primary N) is 1. The molecule has 2 amide bonds. The maximum Gasteiger partial charge on any atom is 0.334 e. The molecule has 144 valence electrons. The molecule has 0 aliphatic carbocycles. The van der Waals surface area contributed by atoms with Gasteiger partial charge < -0.3 is 31.3 Å². The SMILES string of the molecule is CC(C)CN(C[C@H](O)C(=O)O)C(=O)N[C@@H](Cc1ccc(N)cc1)C(=O)O. The average molecular weight is 367 g/mol. The van der Waals surface area contributed by atoms with Gasteiger partial charge in [0.2, 0.25) is 0 Å². The van der Waals surface area contributed by atoms with Crippen LogP contribution in [0.3, 0.4) is 0 Å². The third-order valence-electron chi connectivity index (χ3n) is 3.57. The van der Waals surface area contributed by atoms with Crippen LogP contribution in [0.5, 0.6) is 0 Å². The van der Waals surface area contributed by atoms with Crippen LogP contribution in [-0.4, -0.2) is 63.4 Å². The van der Waals surface area contributed by atoms with E-state index in [-0.39, 0.29) is 18.9 Å². The topological polar surface area (TPSA) is 153 Å². The molecule has 0 spiro atoms. The summed E-state index contributed by atoms with van der Waals surface area (Å²) in [4.78, 5) is 35.8. The molecule has 0 aromatic heterocycles. The van der Waals surface area contributed by atoms with Crippen molar-refractivity contribution in [1.82, 2.24) is 10.2 Å². The zero-order valence-electron chi connectivity index (χ0n) is 14.8. The fraction of sp³-hybridized carbons (Fsp3) is 0.471. The Morgan fingerprint density at radius 3 is 2.12 bits per heavy atom. The zero-order chi connectivity index (χ0) is 19.9. The van der Waals surface area contributed by atoms with Crippen LogP contribution in [0.15, 0.2) is 24.3 Å². The lowest BCUT2D eigenvalue weighted by Crippen LogP contribution is -2.52. The second kappa shape index (κ2) is 9.62. The van der Waals surface area contributed by atoms with Crippen LogP contribution in [0.25, 0.3) is 0 Å². The van der Waals surface area contributed by atoms with E-state index in [1.165, 1.54) is 0 Å². The van der Waals surface area contributed by atoms with E-state index < -0.39 is 36.7 Å². The Morgan fingerprint density at radius 1 is 1.08 bits per heavy atom. The van der Waals surface area contributed by atoms with Crippen molar-refractivity contribution < 1.29 is 29.7 Å². The molecule has 0 radical (unpaired) electrons. The maximum atomic E-state index is 12.4. The summed E-state index contributed by atoms with van der Waals surface area (Å²) >= 11 is 0. The Morgan fingerprint density at radius 2 is 1.65 bits per heavy atom. The molecule has 2 atom stereocenters. The summed E-state index contributed by atoms with van der Waals surface area (Å²) in [7, 11) is 0. The first-order valence-electron chi connectivity index (χ1n) is 8.13.